The van der Waals surface area contributed by atoms with Gasteiger partial charge in [-0.2, -0.15) is 0 Å². The largest absolute Gasteiger partial charge is 0.493 e. The lowest BCUT2D eigenvalue weighted by Crippen LogP contribution is -2.29. The van der Waals surface area contributed by atoms with Gasteiger partial charge in [0.05, 0.1) is 11.9 Å². The third-order valence-corrected chi connectivity index (χ3v) is 3.89. The van der Waals surface area contributed by atoms with Crippen LogP contribution in [0.4, 0.5) is 5.69 Å². The monoisotopic (exact) mass is 370 g/mol. The second-order valence-corrected chi connectivity index (χ2v) is 5.98. The van der Waals surface area contributed by atoms with Crippen LogP contribution in [0.3, 0.4) is 0 Å². The number of hydrogen-bond acceptors (Lipinski definition) is 4. The van der Waals surface area contributed by atoms with Crippen molar-refractivity contribution < 1.29 is 14.7 Å². The molecule has 0 unspecified atom stereocenters. The zero-order valence-corrected chi connectivity index (χ0v) is 14.3. The Balaban J connectivity index is 1.56. The highest BCUT2D eigenvalue weighted by atomic mass is 35.5. The van der Waals surface area contributed by atoms with Gasteiger partial charge in [-0.05, 0) is 23.8 Å². The van der Waals surface area contributed by atoms with Crippen molar-refractivity contribution in [3.05, 3.63) is 59.1 Å². The van der Waals surface area contributed by atoms with Crippen LogP contribution >= 0.6 is 11.6 Å². The van der Waals surface area contributed by atoms with Crippen LogP contribution in [0.2, 0.25) is 5.02 Å². The Morgan fingerprint density at radius 1 is 1.12 bits per heavy atom. The number of rotatable bonds is 5. The van der Waals surface area contributed by atoms with E-state index in [1.54, 1.807) is 48.5 Å². The number of aromatic nitrogens is 1. The van der Waals surface area contributed by atoms with E-state index in [2.05, 4.69) is 20.5 Å². The zero-order chi connectivity index (χ0) is 18.5. The highest BCUT2D eigenvalue weighted by molar-refractivity contribution is 6.30. The molecule has 0 aliphatic carbocycles. The van der Waals surface area contributed by atoms with Crippen LogP contribution in [0.15, 0.2) is 58.8 Å². The molecule has 3 rings (SSSR count). The normalized spacial score (nSPS) is 11.1. The maximum atomic E-state index is 11.9. The summed E-state index contributed by atoms with van der Waals surface area (Å²) in [5, 5.41) is 20.9. The molecule has 0 bridgehead atoms. The van der Waals surface area contributed by atoms with Crippen LogP contribution in [0.5, 0.6) is 5.88 Å². The molecule has 0 saturated heterocycles. The molecule has 2 aromatic carbocycles. The van der Waals surface area contributed by atoms with E-state index in [1.165, 1.54) is 0 Å². The van der Waals surface area contributed by atoms with Gasteiger partial charge in [0.15, 0.2) is 5.69 Å². The fourth-order valence-electron chi connectivity index (χ4n) is 2.38. The van der Waals surface area contributed by atoms with Gasteiger partial charge in [-0.3, -0.25) is 9.59 Å². The minimum Gasteiger partial charge on any atom is -0.493 e. The average molecular weight is 371 g/mol. The molecule has 0 radical (unpaired) electrons. The molecule has 0 spiro atoms. The molecule has 0 aliphatic heterocycles. The number of para-hydroxylation sites is 1. The van der Waals surface area contributed by atoms with E-state index in [1.807, 2.05) is 0 Å². The molecule has 3 aromatic rings. The van der Waals surface area contributed by atoms with Gasteiger partial charge in [-0.1, -0.05) is 41.9 Å². The fraction of sp³-hybridized carbons (Fsp3) is 0.111. The summed E-state index contributed by atoms with van der Waals surface area (Å²) in [4.78, 5) is 26.4. The number of nitrogens with zero attached hydrogens (tertiary/aromatic N) is 2. The van der Waals surface area contributed by atoms with Crippen molar-refractivity contribution in [2.24, 2.45) is 10.2 Å². The maximum absolute atomic E-state index is 11.9. The molecule has 3 N–H and O–H groups in total. The summed E-state index contributed by atoms with van der Waals surface area (Å²) in [6.07, 6.45) is 0.130. The van der Waals surface area contributed by atoms with Gasteiger partial charge in [-0.15, -0.1) is 10.2 Å². The molecule has 0 aliphatic rings. The van der Waals surface area contributed by atoms with Crippen molar-refractivity contribution in [1.82, 2.24) is 10.3 Å². The van der Waals surface area contributed by atoms with E-state index in [4.69, 9.17) is 11.6 Å². The standard InChI is InChI=1S/C18H15ClN4O3/c19-12-7-5-11(6-8-12)9-15(24)20-10-16(25)22-23-17-13-3-1-2-4-14(13)21-18(17)26/h1-8,21,26H,9-10H2,(H,20,24). The van der Waals surface area contributed by atoms with Gasteiger partial charge < -0.3 is 15.4 Å². The lowest BCUT2D eigenvalue weighted by Gasteiger charge is -2.02. The van der Waals surface area contributed by atoms with Crippen LogP contribution in [-0.2, 0) is 16.0 Å². The Morgan fingerprint density at radius 2 is 1.85 bits per heavy atom. The van der Waals surface area contributed by atoms with Crippen LogP contribution < -0.4 is 5.32 Å². The number of carbonyl (C=O) groups excluding carboxylic acids is 2. The fourth-order valence-corrected chi connectivity index (χ4v) is 2.51. The van der Waals surface area contributed by atoms with E-state index in [0.717, 1.165) is 5.56 Å². The Kier molecular flexibility index (Phi) is 5.28. The quantitative estimate of drug-likeness (QED) is 0.598. The van der Waals surface area contributed by atoms with Crippen molar-refractivity contribution in [3.8, 4) is 5.88 Å². The van der Waals surface area contributed by atoms with Gasteiger partial charge in [0.25, 0.3) is 5.91 Å². The molecular formula is C18H15ClN4O3. The van der Waals surface area contributed by atoms with Crippen LogP contribution in [0, 0.1) is 0 Å². The van der Waals surface area contributed by atoms with E-state index < -0.39 is 5.91 Å². The molecule has 2 amide bonds. The number of H-pyrrole nitrogens is 1. The number of fused-ring (bicyclic) bond motifs is 1. The molecule has 8 heteroatoms. The molecule has 7 nitrogen and oxygen atoms in total. The maximum Gasteiger partial charge on any atom is 0.283 e. The summed E-state index contributed by atoms with van der Waals surface area (Å²) >= 11 is 5.79. The smallest absolute Gasteiger partial charge is 0.283 e. The third kappa shape index (κ3) is 4.25. The van der Waals surface area contributed by atoms with Crippen LogP contribution in [0.25, 0.3) is 10.9 Å². The first kappa shape index (κ1) is 17.6. The van der Waals surface area contributed by atoms with Crippen LogP contribution in [0.1, 0.15) is 5.56 Å². The van der Waals surface area contributed by atoms with E-state index >= 15 is 0 Å². The second-order valence-electron chi connectivity index (χ2n) is 5.54. The number of benzene rings is 2. The van der Waals surface area contributed by atoms with Crippen LogP contribution in [-0.4, -0.2) is 28.4 Å². The minimum atomic E-state index is -0.626. The minimum absolute atomic E-state index is 0.130. The van der Waals surface area contributed by atoms with Crippen molar-refractivity contribution in [2.75, 3.05) is 6.54 Å². The first-order valence-electron chi connectivity index (χ1n) is 7.78. The van der Waals surface area contributed by atoms with Gasteiger partial charge in [0, 0.05) is 10.4 Å². The van der Waals surface area contributed by atoms with Crippen molar-refractivity contribution in [2.45, 2.75) is 6.42 Å². The predicted octanol–water partition coefficient (Wildman–Crippen LogP) is 3.50. The predicted molar refractivity (Wildman–Crippen MR) is 97.7 cm³/mol. The molecular weight excluding hydrogens is 356 g/mol. The van der Waals surface area contributed by atoms with Gasteiger partial charge in [0.2, 0.25) is 11.8 Å². The highest BCUT2D eigenvalue weighted by Crippen LogP contribution is 2.35. The Bertz CT molecular complexity index is 980. The summed E-state index contributed by atoms with van der Waals surface area (Å²) in [7, 11) is 0. The molecule has 0 saturated carbocycles. The molecule has 26 heavy (non-hydrogen) atoms. The van der Waals surface area contributed by atoms with E-state index in [0.29, 0.717) is 15.9 Å². The summed E-state index contributed by atoms with van der Waals surface area (Å²) in [5.41, 5.74) is 1.65. The molecule has 1 aromatic heterocycles. The van der Waals surface area contributed by atoms with Gasteiger partial charge in [-0.25, -0.2) is 0 Å². The van der Waals surface area contributed by atoms with E-state index in [-0.39, 0.29) is 30.4 Å². The van der Waals surface area contributed by atoms with Crippen molar-refractivity contribution in [1.29, 1.82) is 0 Å². The SMILES string of the molecule is O=C(CNC(=O)Cc1ccc(Cl)cc1)N=Nc1c(O)[nH]c2ccccc12. The van der Waals surface area contributed by atoms with E-state index in [9.17, 15) is 14.7 Å². The number of aromatic amines is 1. The Morgan fingerprint density at radius 3 is 2.62 bits per heavy atom. The number of halogens is 1. The first-order chi connectivity index (χ1) is 12.5. The second kappa shape index (κ2) is 7.79. The topological polar surface area (TPSA) is 107 Å². The number of hydrogen-bond donors (Lipinski definition) is 3. The third-order valence-electron chi connectivity index (χ3n) is 3.64. The average Bonchev–Trinajstić information content (AvgIpc) is 2.95. The lowest BCUT2D eigenvalue weighted by atomic mass is 10.1. The number of amides is 2. The summed E-state index contributed by atoms with van der Waals surface area (Å²) in [6.45, 7) is -0.279. The van der Waals surface area contributed by atoms with Gasteiger partial charge >= 0.3 is 0 Å². The molecule has 0 fully saturated rings. The number of nitrogens with one attached hydrogen (secondary N) is 2. The highest BCUT2D eigenvalue weighted by Gasteiger charge is 2.11. The Hall–Kier alpha value is -3.19. The van der Waals surface area contributed by atoms with Crippen molar-refractivity contribution >= 4 is 40.0 Å². The number of azo groups is 1. The lowest BCUT2D eigenvalue weighted by molar-refractivity contribution is -0.124. The summed E-state index contributed by atoms with van der Waals surface area (Å²) < 4.78 is 0. The number of carbonyl (C=O) groups is 2. The number of aromatic hydroxyl groups is 1. The molecule has 0 atom stereocenters. The zero-order valence-electron chi connectivity index (χ0n) is 13.6. The first-order valence-corrected chi connectivity index (χ1v) is 8.16. The van der Waals surface area contributed by atoms with Crippen molar-refractivity contribution in [3.63, 3.8) is 0 Å². The molecule has 1 heterocycles. The summed E-state index contributed by atoms with van der Waals surface area (Å²) in [6, 6.07) is 14.0. The Labute approximate surface area is 153 Å². The summed E-state index contributed by atoms with van der Waals surface area (Å²) in [5.74, 6) is -1.11. The van der Waals surface area contributed by atoms with Gasteiger partial charge in [0.1, 0.15) is 6.54 Å². The molecule has 132 valence electrons.